The molecule has 0 saturated carbocycles. The Morgan fingerprint density at radius 3 is 2.33 bits per heavy atom. The van der Waals surface area contributed by atoms with Crippen LogP contribution in [-0.2, 0) is 4.79 Å². The van der Waals surface area contributed by atoms with Gasteiger partial charge in [-0.15, -0.1) is 0 Å². The van der Waals surface area contributed by atoms with E-state index in [-0.39, 0.29) is 5.56 Å². The van der Waals surface area contributed by atoms with Gasteiger partial charge < -0.3 is 0 Å². The van der Waals surface area contributed by atoms with Gasteiger partial charge in [0.15, 0.2) is 5.92 Å². The first-order valence-electron chi connectivity index (χ1n) is 6.46. The fourth-order valence-corrected chi connectivity index (χ4v) is 2.65. The van der Waals surface area contributed by atoms with E-state index >= 15 is 0 Å². The van der Waals surface area contributed by atoms with Gasteiger partial charge in [0, 0.05) is 5.69 Å². The average molecular weight is 291 g/mol. The van der Waals surface area contributed by atoms with E-state index in [9.17, 15) is 18.0 Å². The van der Waals surface area contributed by atoms with Crippen molar-refractivity contribution in [3.05, 3.63) is 59.7 Å². The number of rotatable bonds is 1. The topological polar surface area (TPSA) is 20.3 Å². The van der Waals surface area contributed by atoms with Crippen molar-refractivity contribution in [3.63, 3.8) is 0 Å². The van der Waals surface area contributed by atoms with E-state index in [0.717, 1.165) is 4.90 Å². The Labute approximate surface area is 119 Å². The lowest BCUT2D eigenvalue weighted by atomic mass is 9.98. The van der Waals surface area contributed by atoms with Crippen molar-refractivity contribution in [1.82, 2.24) is 0 Å². The number of para-hydroxylation sites is 1. The Balaban J connectivity index is 2.20. The number of benzene rings is 2. The third kappa shape index (κ3) is 2.18. The summed E-state index contributed by atoms with van der Waals surface area (Å²) >= 11 is 0. The van der Waals surface area contributed by atoms with Gasteiger partial charge in [0.05, 0.1) is 5.69 Å². The number of alkyl halides is 3. The third-order valence-corrected chi connectivity index (χ3v) is 3.54. The van der Waals surface area contributed by atoms with Crippen molar-refractivity contribution < 1.29 is 18.0 Å². The Morgan fingerprint density at radius 1 is 1.05 bits per heavy atom. The monoisotopic (exact) mass is 291 g/mol. The fraction of sp³-hybridized carbons (Fsp3) is 0.188. The summed E-state index contributed by atoms with van der Waals surface area (Å²) in [6.45, 7) is 1.71. The predicted octanol–water partition coefficient (Wildman–Crippen LogP) is 4.32. The molecule has 2 aromatic rings. The van der Waals surface area contributed by atoms with Gasteiger partial charge in [-0.2, -0.15) is 13.2 Å². The summed E-state index contributed by atoms with van der Waals surface area (Å²) in [5, 5.41) is 0. The molecule has 1 atom stereocenters. The van der Waals surface area contributed by atoms with Crippen molar-refractivity contribution in [2.45, 2.75) is 19.0 Å². The highest BCUT2D eigenvalue weighted by molar-refractivity contribution is 6.10. The van der Waals surface area contributed by atoms with Crippen LogP contribution in [-0.4, -0.2) is 12.1 Å². The van der Waals surface area contributed by atoms with Crippen LogP contribution < -0.4 is 4.90 Å². The molecule has 0 N–H and O–H groups in total. The quantitative estimate of drug-likeness (QED) is 0.766. The van der Waals surface area contributed by atoms with Crippen molar-refractivity contribution in [2.24, 2.45) is 0 Å². The Hall–Kier alpha value is -2.30. The first kappa shape index (κ1) is 13.7. The van der Waals surface area contributed by atoms with Crippen LogP contribution >= 0.6 is 0 Å². The fourth-order valence-electron chi connectivity index (χ4n) is 2.65. The van der Waals surface area contributed by atoms with Crippen molar-refractivity contribution in [1.29, 1.82) is 0 Å². The van der Waals surface area contributed by atoms with E-state index in [1.54, 1.807) is 49.4 Å². The van der Waals surface area contributed by atoms with E-state index in [2.05, 4.69) is 0 Å². The molecule has 0 spiro atoms. The highest BCUT2D eigenvalue weighted by Gasteiger charge is 2.53. The lowest BCUT2D eigenvalue weighted by molar-refractivity contribution is -0.161. The summed E-state index contributed by atoms with van der Waals surface area (Å²) in [6, 6.07) is 13.1. The van der Waals surface area contributed by atoms with Crippen LogP contribution in [0.4, 0.5) is 24.5 Å². The molecule has 1 unspecified atom stereocenters. The van der Waals surface area contributed by atoms with E-state index in [0.29, 0.717) is 16.9 Å². The number of hydrogen-bond acceptors (Lipinski definition) is 1. The van der Waals surface area contributed by atoms with Crippen molar-refractivity contribution in [2.75, 3.05) is 4.90 Å². The molecule has 0 bridgehead atoms. The maximum atomic E-state index is 13.3. The largest absolute Gasteiger partial charge is 0.404 e. The number of hydrogen-bond donors (Lipinski definition) is 0. The van der Waals surface area contributed by atoms with E-state index in [1.807, 2.05) is 0 Å². The molecular weight excluding hydrogens is 279 g/mol. The molecule has 0 fully saturated rings. The maximum Gasteiger partial charge on any atom is 0.404 e. The highest BCUT2D eigenvalue weighted by Crippen LogP contribution is 2.48. The molecule has 0 aromatic heterocycles. The first-order chi connectivity index (χ1) is 9.89. The minimum Gasteiger partial charge on any atom is -0.280 e. The zero-order valence-electron chi connectivity index (χ0n) is 11.2. The zero-order valence-corrected chi connectivity index (χ0v) is 11.2. The van der Waals surface area contributed by atoms with Crippen LogP contribution in [0.15, 0.2) is 48.5 Å². The molecule has 0 aliphatic carbocycles. The zero-order chi connectivity index (χ0) is 15.2. The summed E-state index contributed by atoms with van der Waals surface area (Å²) in [5.74, 6) is -3.04. The average Bonchev–Trinajstić information content (AvgIpc) is 2.70. The summed E-state index contributed by atoms with van der Waals surface area (Å²) in [5.41, 5.74) is 1.47. The summed E-state index contributed by atoms with van der Waals surface area (Å²) in [4.78, 5) is 13.5. The van der Waals surface area contributed by atoms with Crippen molar-refractivity contribution >= 4 is 17.3 Å². The number of carbonyl (C=O) groups is 1. The SMILES string of the molecule is Cc1ccc2c(c1)C(C(F)(F)F)C(=O)N2c1ccccc1. The van der Waals surface area contributed by atoms with Crippen molar-refractivity contribution in [3.8, 4) is 0 Å². The number of carbonyl (C=O) groups excluding carboxylic acids is 1. The molecule has 2 aromatic carbocycles. The lowest BCUT2D eigenvalue weighted by Crippen LogP contribution is -2.31. The highest BCUT2D eigenvalue weighted by atomic mass is 19.4. The molecular formula is C16H12F3NO. The number of halogens is 3. The number of amides is 1. The summed E-state index contributed by atoms with van der Waals surface area (Å²) in [6.07, 6.45) is -4.59. The second kappa shape index (κ2) is 4.62. The predicted molar refractivity (Wildman–Crippen MR) is 73.6 cm³/mol. The molecule has 1 aliphatic rings. The molecule has 1 heterocycles. The van der Waals surface area contributed by atoms with Gasteiger partial charge >= 0.3 is 6.18 Å². The molecule has 1 amide bonds. The standard InChI is InChI=1S/C16H12F3NO/c1-10-7-8-13-12(9-10)14(16(17,18)19)15(21)20(13)11-5-3-2-4-6-11/h2-9,14H,1H3. The lowest BCUT2D eigenvalue weighted by Gasteiger charge is -2.18. The van der Waals surface area contributed by atoms with Gasteiger partial charge in [0.1, 0.15) is 0 Å². The Kier molecular flexibility index (Phi) is 3.01. The van der Waals surface area contributed by atoms with E-state index in [1.165, 1.54) is 6.07 Å². The first-order valence-corrected chi connectivity index (χ1v) is 6.46. The van der Waals surface area contributed by atoms with Crippen LogP contribution in [0.1, 0.15) is 17.0 Å². The third-order valence-electron chi connectivity index (χ3n) is 3.54. The minimum absolute atomic E-state index is 0.0244. The number of fused-ring (bicyclic) bond motifs is 1. The molecule has 21 heavy (non-hydrogen) atoms. The summed E-state index contributed by atoms with van der Waals surface area (Å²) in [7, 11) is 0. The molecule has 5 heteroatoms. The molecule has 108 valence electrons. The molecule has 3 rings (SSSR count). The molecule has 0 radical (unpaired) electrons. The second-order valence-electron chi connectivity index (χ2n) is 5.05. The van der Waals surface area contributed by atoms with Crippen LogP contribution in [0.2, 0.25) is 0 Å². The van der Waals surface area contributed by atoms with E-state index < -0.39 is 18.0 Å². The van der Waals surface area contributed by atoms with Gasteiger partial charge in [-0.05, 0) is 30.7 Å². The number of aryl methyl sites for hydroxylation is 1. The van der Waals surface area contributed by atoms with Crippen LogP contribution in [0, 0.1) is 6.92 Å². The van der Waals surface area contributed by atoms with Gasteiger partial charge in [-0.1, -0.05) is 35.9 Å². The second-order valence-corrected chi connectivity index (χ2v) is 5.05. The van der Waals surface area contributed by atoms with Crippen LogP contribution in [0.3, 0.4) is 0 Å². The van der Waals surface area contributed by atoms with Crippen LogP contribution in [0.5, 0.6) is 0 Å². The number of nitrogens with zero attached hydrogens (tertiary/aromatic N) is 1. The summed E-state index contributed by atoms with van der Waals surface area (Å²) < 4.78 is 39.8. The Morgan fingerprint density at radius 2 is 1.71 bits per heavy atom. The van der Waals surface area contributed by atoms with Gasteiger partial charge in [0.25, 0.3) is 0 Å². The minimum atomic E-state index is -4.59. The van der Waals surface area contributed by atoms with Gasteiger partial charge in [0.2, 0.25) is 5.91 Å². The molecule has 2 nitrogen and oxygen atoms in total. The molecule has 0 saturated heterocycles. The number of anilines is 2. The van der Waals surface area contributed by atoms with Crippen LogP contribution in [0.25, 0.3) is 0 Å². The maximum absolute atomic E-state index is 13.3. The smallest absolute Gasteiger partial charge is 0.280 e. The van der Waals surface area contributed by atoms with Gasteiger partial charge in [-0.3, -0.25) is 9.69 Å². The molecule has 1 aliphatic heterocycles. The normalized spacial score (nSPS) is 18.0. The van der Waals surface area contributed by atoms with E-state index in [4.69, 9.17) is 0 Å². The van der Waals surface area contributed by atoms with Gasteiger partial charge in [-0.25, -0.2) is 0 Å². The Bertz CT molecular complexity index is 694.